The van der Waals surface area contributed by atoms with Crippen LogP contribution < -0.4 is 0 Å². The average Bonchev–Trinajstić information content (AvgIpc) is 3.83. The largest absolute Gasteiger partial charge is 0.457 e. The zero-order chi connectivity index (χ0) is 31.2. The molecule has 6 rings (SSSR count). The molecule has 45 heavy (non-hydrogen) atoms. The highest BCUT2D eigenvalue weighted by atomic mass is 16.3. The molecule has 210 valence electrons. The van der Waals surface area contributed by atoms with Gasteiger partial charge in [0.15, 0.2) is 0 Å². The van der Waals surface area contributed by atoms with Gasteiger partial charge in [-0.3, -0.25) is 0 Å². The summed E-state index contributed by atoms with van der Waals surface area (Å²) in [6.07, 6.45) is 9.55. The van der Waals surface area contributed by atoms with Crippen molar-refractivity contribution in [3.8, 4) is 52.6 Å². The van der Waals surface area contributed by atoms with Gasteiger partial charge in [-0.1, -0.05) is 54.6 Å². The molecular weight excluding hydrogens is 558 g/mol. The SMILES string of the molecule is N#CC(C#N)=C/C=C/c1ccc(-c2ccc3c4ccc(-c5ccc(/C=C/C=C(C#N)C#N)o5)cc4n(-c4ccccc4)c3c2)o1. The van der Waals surface area contributed by atoms with Crippen molar-refractivity contribution in [3.05, 3.63) is 138 Å². The first-order valence-corrected chi connectivity index (χ1v) is 13.8. The standard InChI is InChI=1S/C38H21N5O2/c39-22-26(23-40)6-4-10-31-14-18-37(44-31)28-12-16-33-34-17-13-29(38-19-15-32(45-38)11-5-7-27(24-41)25-42)21-36(34)43(35(33)20-28)30-8-2-1-3-9-30/h1-21H/b10-4+,11-5+. The van der Waals surface area contributed by atoms with Gasteiger partial charge in [-0.05, 0) is 72.8 Å². The summed E-state index contributed by atoms with van der Waals surface area (Å²) < 4.78 is 14.4. The highest BCUT2D eigenvalue weighted by Crippen LogP contribution is 2.37. The molecule has 3 aromatic carbocycles. The van der Waals surface area contributed by atoms with Crippen molar-refractivity contribution >= 4 is 34.0 Å². The normalized spacial score (nSPS) is 10.8. The number of furan rings is 2. The molecule has 0 N–H and O–H groups in total. The summed E-state index contributed by atoms with van der Waals surface area (Å²) in [6.45, 7) is 0. The van der Waals surface area contributed by atoms with Gasteiger partial charge in [0, 0.05) is 27.6 Å². The highest BCUT2D eigenvalue weighted by molar-refractivity contribution is 6.11. The van der Waals surface area contributed by atoms with Crippen LogP contribution in [0.5, 0.6) is 0 Å². The van der Waals surface area contributed by atoms with Crippen molar-refractivity contribution in [2.75, 3.05) is 0 Å². The lowest BCUT2D eigenvalue weighted by Crippen LogP contribution is -1.93. The maximum Gasteiger partial charge on any atom is 0.134 e. The van der Waals surface area contributed by atoms with E-state index in [9.17, 15) is 0 Å². The van der Waals surface area contributed by atoms with Gasteiger partial charge >= 0.3 is 0 Å². The van der Waals surface area contributed by atoms with Gasteiger partial charge in [-0.2, -0.15) is 21.0 Å². The summed E-state index contributed by atoms with van der Waals surface area (Å²) in [4.78, 5) is 0. The molecule has 0 spiro atoms. The average molecular weight is 580 g/mol. The molecule has 0 saturated heterocycles. The van der Waals surface area contributed by atoms with Crippen LogP contribution in [-0.2, 0) is 0 Å². The second-order valence-electron chi connectivity index (χ2n) is 9.86. The number of rotatable bonds is 7. The molecule has 7 nitrogen and oxygen atoms in total. The number of hydrogen-bond acceptors (Lipinski definition) is 6. The molecule has 0 radical (unpaired) electrons. The first kappa shape index (κ1) is 28.1. The Morgan fingerprint density at radius 1 is 0.556 bits per heavy atom. The molecule has 0 saturated carbocycles. The maximum atomic E-state index is 8.93. The van der Waals surface area contributed by atoms with Gasteiger partial charge in [-0.25, -0.2) is 0 Å². The number of hydrogen-bond donors (Lipinski definition) is 0. The van der Waals surface area contributed by atoms with Gasteiger partial charge in [0.25, 0.3) is 0 Å². The van der Waals surface area contributed by atoms with E-state index in [-0.39, 0.29) is 11.1 Å². The van der Waals surface area contributed by atoms with E-state index in [1.807, 2.05) is 78.9 Å². The quantitative estimate of drug-likeness (QED) is 0.137. The van der Waals surface area contributed by atoms with Crippen LogP contribution in [0.25, 0.3) is 62.3 Å². The summed E-state index contributed by atoms with van der Waals surface area (Å²) >= 11 is 0. The zero-order valence-corrected chi connectivity index (χ0v) is 23.7. The Labute approximate surface area is 258 Å². The van der Waals surface area contributed by atoms with Gasteiger partial charge < -0.3 is 13.4 Å². The number of benzene rings is 3. The van der Waals surface area contributed by atoms with Crippen LogP contribution in [0.4, 0.5) is 0 Å². The third kappa shape index (κ3) is 5.70. The first-order chi connectivity index (χ1) is 22.1. The topological polar surface area (TPSA) is 126 Å². The molecule has 0 bridgehead atoms. The Morgan fingerprint density at radius 3 is 1.47 bits per heavy atom. The van der Waals surface area contributed by atoms with Crippen LogP contribution in [-0.4, -0.2) is 4.57 Å². The van der Waals surface area contributed by atoms with Crippen molar-refractivity contribution in [3.63, 3.8) is 0 Å². The molecule has 3 aromatic heterocycles. The fourth-order valence-electron chi connectivity index (χ4n) is 5.05. The molecule has 0 amide bonds. The van der Waals surface area contributed by atoms with E-state index in [4.69, 9.17) is 29.9 Å². The Hall–Kier alpha value is -7.06. The fraction of sp³-hybridized carbons (Fsp3) is 0. The second kappa shape index (κ2) is 12.4. The molecule has 0 aliphatic carbocycles. The van der Waals surface area contributed by atoms with Crippen LogP contribution in [0.15, 0.2) is 135 Å². The molecule has 6 aromatic rings. The molecule has 0 fully saturated rings. The number of aromatic nitrogens is 1. The molecule has 0 atom stereocenters. The Kier molecular flexibility index (Phi) is 7.76. The van der Waals surface area contributed by atoms with Crippen LogP contribution in [0.1, 0.15) is 11.5 Å². The Balaban J connectivity index is 1.42. The van der Waals surface area contributed by atoms with Gasteiger partial charge in [0.1, 0.15) is 58.5 Å². The summed E-state index contributed by atoms with van der Waals surface area (Å²) in [5.74, 6) is 2.58. The molecule has 0 aliphatic rings. The summed E-state index contributed by atoms with van der Waals surface area (Å²) in [5, 5.41) is 37.9. The summed E-state index contributed by atoms with van der Waals surface area (Å²) in [6, 6.07) is 37.4. The minimum Gasteiger partial charge on any atom is -0.457 e. The van der Waals surface area contributed by atoms with Crippen LogP contribution in [0.2, 0.25) is 0 Å². The van der Waals surface area contributed by atoms with Gasteiger partial charge in [0.2, 0.25) is 0 Å². The number of nitriles is 4. The maximum absolute atomic E-state index is 8.93. The van der Waals surface area contributed by atoms with Gasteiger partial charge in [0.05, 0.1) is 11.0 Å². The van der Waals surface area contributed by atoms with Crippen molar-refractivity contribution in [2.24, 2.45) is 0 Å². The Morgan fingerprint density at radius 2 is 1.02 bits per heavy atom. The molecule has 0 aliphatic heterocycles. The minimum absolute atomic E-state index is 0.0178. The summed E-state index contributed by atoms with van der Waals surface area (Å²) in [7, 11) is 0. The predicted octanol–water partition coefficient (Wildman–Crippen LogP) is 9.28. The van der Waals surface area contributed by atoms with Crippen LogP contribution in [0.3, 0.4) is 0 Å². The monoisotopic (exact) mass is 579 g/mol. The van der Waals surface area contributed by atoms with Crippen molar-refractivity contribution in [1.29, 1.82) is 21.0 Å². The number of para-hydroxylation sites is 1. The number of allylic oxidation sites excluding steroid dienone is 6. The third-order valence-electron chi connectivity index (χ3n) is 7.13. The first-order valence-electron chi connectivity index (χ1n) is 13.8. The van der Waals surface area contributed by atoms with Crippen LogP contribution in [0, 0.1) is 45.3 Å². The van der Waals surface area contributed by atoms with Gasteiger partial charge in [-0.15, -0.1) is 0 Å². The fourth-order valence-corrected chi connectivity index (χ4v) is 5.05. The predicted molar refractivity (Wildman–Crippen MR) is 173 cm³/mol. The lowest BCUT2D eigenvalue weighted by atomic mass is 10.1. The zero-order valence-electron chi connectivity index (χ0n) is 23.7. The third-order valence-corrected chi connectivity index (χ3v) is 7.13. The number of nitrogens with zero attached hydrogens (tertiary/aromatic N) is 5. The molecule has 7 heteroatoms. The van der Waals surface area contributed by atoms with E-state index in [0.717, 1.165) is 38.6 Å². The highest BCUT2D eigenvalue weighted by Gasteiger charge is 2.16. The van der Waals surface area contributed by atoms with E-state index >= 15 is 0 Å². The minimum atomic E-state index is 0.0178. The van der Waals surface area contributed by atoms with Crippen molar-refractivity contribution in [1.82, 2.24) is 4.57 Å². The van der Waals surface area contributed by atoms with E-state index in [0.29, 0.717) is 23.0 Å². The molecule has 0 unspecified atom stereocenters. The molecular formula is C38H21N5O2. The van der Waals surface area contributed by atoms with Crippen molar-refractivity contribution < 1.29 is 8.83 Å². The second-order valence-corrected chi connectivity index (χ2v) is 9.86. The van der Waals surface area contributed by atoms with E-state index in [1.54, 1.807) is 24.3 Å². The number of fused-ring (bicyclic) bond motifs is 3. The van der Waals surface area contributed by atoms with E-state index in [2.05, 4.69) is 41.0 Å². The lowest BCUT2D eigenvalue weighted by molar-refractivity contribution is 0.571. The van der Waals surface area contributed by atoms with E-state index < -0.39 is 0 Å². The smallest absolute Gasteiger partial charge is 0.134 e. The molecule has 3 heterocycles. The van der Waals surface area contributed by atoms with Crippen molar-refractivity contribution in [2.45, 2.75) is 0 Å². The Bertz CT molecular complexity index is 2190. The summed E-state index contributed by atoms with van der Waals surface area (Å²) in [5.41, 5.74) is 4.87. The van der Waals surface area contributed by atoms with Crippen LogP contribution >= 0.6 is 0 Å². The van der Waals surface area contributed by atoms with E-state index in [1.165, 1.54) is 12.2 Å². The lowest BCUT2D eigenvalue weighted by Gasteiger charge is -2.09.